The van der Waals surface area contributed by atoms with E-state index in [2.05, 4.69) is 0 Å². The number of carbonyl (C=O) groups is 2. The number of aliphatic carboxylic acids is 1. The molecule has 0 spiro atoms. The fourth-order valence-corrected chi connectivity index (χ4v) is 5.90. The molecule has 9 N–H and O–H groups in total. The van der Waals surface area contributed by atoms with Crippen LogP contribution in [0.4, 0.5) is 0 Å². The van der Waals surface area contributed by atoms with Crippen LogP contribution >= 0.6 is 0 Å². The zero-order chi connectivity index (χ0) is 35.4. The number of hydrogen-bond acceptors (Lipinski definition) is 13. The Bertz CT molecular complexity index is 1170. The minimum atomic E-state index is -2.12. The Balaban J connectivity index is 1.90. The van der Waals surface area contributed by atoms with E-state index in [0.29, 0.717) is 6.42 Å². The number of aliphatic hydroxyl groups excluding tert-OH is 5. The number of ether oxygens (including phenoxy) is 4. The van der Waals surface area contributed by atoms with Crippen LogP contribution in [0.2, 0.25) is 0 Å². The van der Waals surface area contributed by atoms with Gasteiger partial charge in [0.05, 0.1) is 61.3 Å². The van der Waals surface area contributed by atoms with Gasteiger partial charge in [0.1, 0.15) is 12.0 Å². The summed E-state index contributed by atoms with van der Waals surface area (Å²) in [6.07, 6.45) is 4.53. The molecular weight excluding hydrogens is 630 g/mol. The summed E-state index contributed by atoms with van der Waals surface area (Å²) in [4.78, 5) is 24.4. The molecule has 48 heavy (non-hydrogen) atoms. The first-order valence-corrected chi connectivity index (χ1v) is 16.3. The number of cyclic esters (lactones) is 1. The van der Waals surface area contributed by atoms with Crippen molar-refractivity contribution in [3.05, 3.63) is 60.8 Å². The zero-order valence-corrected chi connectivity index (χ0v) is 27.3. The maximum Gasteiger partial charge on any atom is 0.311 e. The first-order valence-electron chi connectivity index (χ1n) is 16.3. The van der Waals surface area contributed by atoms with Crippen molar-refractivity contribution in [1.82, 2.24) is 0 Å². The second-order valence-corrected chi connectivity index (χ2v) is 12.7. The van der Waals surface area contributed by atoms with E-state index >= 15 is 0 Å². The van der Waals surface area contributed by atoms with Gasteiger partial charge in [0.2, 0.25) is 0 Å². The normalized spacial score (nSPS) is 44.6. The molecule has 0 radical (unpaired) electrons. The molecule has 0 amide bonds. The topological polar surface area (TPSA) is 239 Å². The first kappa shape index (κ1) is 39.7. The molecule has 3 unspecified atom stereocenters. The minimum absolute atomic E-state index is 0.0516. The van der Waals surface area contributed by atoms with Gasteiger partial charge in [0, 0.05) is 32.1 Å². The Labute approximate surface area is 280 Å². The maximum absolute atomic E-state index is 12.3. The van der Waals surface area contributed by atoms with E-state index in [1.807, 2.05) is 6.08 Å². The number of carboxylic acids is 1. The van der Waals surface area contributed by atoms with Crippen molar-refractivity contribution >= 4 is 11.9 Å². The molecule has 3 heterocycles. The molecule has 0 aromatic rings. The SMILES string of the molecule is CC1O[C@@H](O[C@H]2/C=C/C=C/C=C/C=C/C[C@@H](C)OC(=O)C[C@@H](O)/C=C/C[C@H](O)C[C@]3(O)C[C@H](O)[C@@H](C(=O)O)[C@H](C2)O3)CC(O)C(O)[C@@H]1N. The van der Waals surface area contributed by atoms with Crippen molar-refractivity contribution in [2.75, 3.05) is 0 Å². The van der Waals surface area contributed by atoms with E-state index in [1.165, 1.54) is 12.2 Å². The van der Waals surface area contributed by atoms with E-state index in [1.54, 1.807) is 56.4 Å². The number of carboxylic acid groups (broad SMARTS) is 1. The Morgan fingerprint density at radius 1 is 0.917 bits per heavy atom. The first-order chi connectivity index (χ1) is 22.7. The summed E-state index contributed by atoms with van der Waals surface area (Å²) >= 11 is 0. The van der Waals surface area contributed by atoms with Crippen molar-refractivity contribution in [3.8, 4) is 0 Å². The number of aliphatic hydroxyl groups is 6. The summed E-state index contributed by atoms with van der Waals surface area (Å²) in [7, 11) is 0. The van der Waals surface area contributed by atoms with Crippen molar-refractivity contribution in [2.45, 2.75) is 132 Å². The predicted molar refractivity (Wildman–Crippen MR) is 172 cm³/mol. The zero-order valence-electron chi connectivity index (χ0n) is 27.3. The highest BCUT2D eigenvalue weighted by molar-refractivity contribution is 5.71. The molecule has 3 aliphatic rings. The summed E-state index contributed by atoms with van der Waals surface area (Å²) in [5.74, 6) is -5.54. The quantitative estimate of drug-likeness (QED) is 0.150. The van der Waals surface area contributed by atoms with Gasteiger partial charge in [-0.2, -0.15) is 0 Å². The Morgan fingerprint density at radius 2 is 1.60 bits per heavy atom. The van der Waals surface area contributed by atoms with Gasteiger partial charge < -0.3 is 60.4 Å². The molecule has 0 saturated carbocycles. The fourth-order valence-electron chi connectivity index (χ4n) is 5.90. The van der Waals surface area contributed by atoms with Crippen LogP contribution in [0.3, 0.4) is 0 Å². The summed E-state index contributed by atoms with van der Waals surface area (Å²) in [5.41, 5.74) is 6.00. The lowest BCUT2D eigenvalue weighted by Gasteiger charge is -2.44. The van der Waals surface area contributed by atoms with Crippen molar-refractivity contribution in [2.24, 2.45) is 11.7 Å². The largest absolute Gasteiger partial charge is 0.481 e. The molecule has 2 saturated heterocycles. The second kappa shape index (κ2) is 18.9. The van der Waals surface area contributed by atoms with E-state index < -0.39 is 104 Å². The monoisotopic (exact) mass is 681 g/mol. The van der Waals surface area contributed by atoms with Gasteiger partial charge in [-0.15, -0.1) is 0 Å². The van der Waals surface area contributed by atoms with Crippen LogP contribution in [0, 0.1) is 5.92 Å². The van der Waals surface area contributed by atoms with Gasteiger partial charge >= 0.3 is 11.9 Å². The van der Waals surface area contributed by atoms with Gasteiger partial charge in [-0.1, -0.05) is 60.8 Å². The average Bonchev–Trinajstić information content (AvgIpc) is 3.05. The molecule has 0 aromatic heterocycles. The third kappa shape index (κ3) is 12.6. The van der Waals surface area contributed by atoms with Gasteiger partial charge in [-0.25, -0.2) is 0 Å². The van der Waals surface area contributed by atoms with Crippen LogP contribution in [0.5, 0.6) is 0 Å². The molecule has 3 rings (SSSR count). The minimum Gasteiger partial charge on any atom is -0.481 e. The molecule has 2 fully saturated rings. The molecule has 270 valence electrons. The smallest absolute Gasteiger partial charge is 0.311 e. The number of esters is 1. The lowest BCUT2D eigenvalue weighted by atomic mass is 9.83. The van der Waals surface area contributed by atoms with Crippen LogP contribution in [-0.4, -0.2) is 121 Å². The van der Waals surface area contributed by atoms with Crippen LogP contribution in [-0.2, 0) is 28.5 Å². The van der Waals surface area contributed by atoms with Gasteiger partial charge in [-0.3, -0.25) is 9.59 Å². The van der Waals surface area contributed by atoms with E-state index in [9.17, 15) is 45.3 Å². The van der Waals surface area contributed by atoms with E-state index in [-0.39, 0.29) is 25.7 Å². The Morgan fingerprint density at radius 3 is 2.31 bits per heavy atom. The maximum atomic E-state index is 12.3. The van der Waals surface area contributed by atoms with Crippen molar-refractivity contribution in [1.29, 1.82) is 0 Å². The fraction of sp³-hybridized carbons (Fsp3) is 0.647. The standard InChI is InChI=1S/C34H51NO13/c1-20-11-8-6-4-3-5-7-9-14-24(47-29-17-25(38)32(41)31(35)21(2)46-29)16-27-30(33(42)43)26(39)19-34(44,48-27)18-23(37)13-10-12-22(36)15-28(40)45-20/h3-10,12,14,20-27,29-32,36-39,41,44H,11,13,15-19,35H2,1-2H3,(H,42,43)/b4-3+,7-5+,8-6+,12-10+,14-9+/t20-,21?,22+,23+,24+,25?,26+,27+,29+,30-,31-,32?,34-/m1/s1. The summed E-state index contributed by atoms with van der Waals surface area (Å²) in [6, 6.07) is -0.889. The number of hydrogen-bond donors (Lipinski definition) is 8. The number of allylic oxidation sites excluding steroid dienone is 6. The van der Waals surface area contributed by atoms with Crippen molar-refractivity contribution < 1.29 is 64.3 Å². The summed E-state index contributed by atoms with van der Waals surface area (Å²) in [5, 5.41) is 73.9. The highest BCUT2D eigenvalue weighted by Gasteiger charge is 2.50. The van der Waals surface area contributed by atoms with Gasteiger partial charge in [0.15, 0.2) is 12.1 Å². The molecular formula is C34H51NO13. The lowest BCUT2D eigenvalue weighted by Crippen LogP contribution is -2.56. The van der Waals surface area contributed by atoms with E-state index in [4.69, 9.17) is 24.7 Å². The molecule has 2 bridgehead atoms. The average molecular weight is 682 g/mol. The highest BCUT2D eigenvalue weighted by atomic mass is 16.7. The molecule has 14 nitrogen and oxygen atoms in total. The molecule has 0 aliphatic carbocycles. The number of nitrogens with two attached hydrogens (primary N) is 1. The number of fused-ring (bicyclic) bond motifs is 2. The second-order valence-electron chi connectivity index (χ2n) is 12.7. The lowest BCUT2D eigenvalue weighted by molar-refractivity contribution is -0.302. The summed E-state index contributed by atoms with van der Waals surface area (Å²) < 4.78 is 23.2. The molecule has 0 aromatic carbocycles. The number of carbonyl (C=O) groups excluding carboxylic acids is 1. The third-order valence-corrected chi connectivity index (χ3v) is 8.44. The third-order valence-electron chi connectivity index (χ3n) is 8.44. The van der Waals surface area contributed by atoms with Crippen LogP contribution in [0.15, 0.2) is 60.8 Å². The number of rotatable bonds is 3. The van der Waals surface area contributed by atoms with E-state index in [0.717, 1.165) is 0 Å². The Hall–Kier alpha value is -2.76. The van der Waals surface area contributed by atoms with Crippen LogP contribution in [0.25, 0.3) is 0 Å². The Kier molecular flexibility index (Phi) is 15.6. The van der Waals surface area contributed by atoms with Gasteiger partial charge in [-0.05, 0) is 20.3 Å². The molecule has 3 aliphatic heterocycles. The van der Waals surface area contributed by atoms with Gasteiger partial charge in [0.25, 0.3) is 0 Å². The summed E-state index contributed by atoms with van der Waals surface area (Å²) in [6.45, 7) is 3.35. The molecule has 14 heteroatoms. The van der Waals surface area contributed by atoms with Crippen LogP contribution < -0.4 is 5.73 Å². The van der Waals surface area contributed by atoms with Crippen molar-refractivity contribution in [3.63, 3.8) is 0 Å². The van der Waals surface area contributed by atoms with Crippen LogP contribution in [0.1, 0.15) is 58.8 Å². The molecule has 13 atom stereocenters. The highest BCUT2D eigenvalue weighted by Crippen LogP contribution is 2.38. The predicted octanol–water partition coefficient (Wildman–Crippen LogP) is 0.493.